The normalized spacial score (nSPS) is 13.0. The van der Waals surface area contributed by atoms with Crippen LogP contribution in [0.15, 0.2) is 18.2 Å². The van der Waals surface area contributed by atoms with E-state index in [-0.39, 0.29) is 11.8 Å². The molecule has 3 amide bonds. The molecule has 7 heteroatoms. The molecule has 0 saturated carbocycles. The Bertz CT molecular complexity index is 847. The lowest BCUT2D eigenvalue weighted by Crippen LogP contribution is -2.52. The molecule has 2 unspecified atom stereocenters. The van der Waals surface area contributed by atoms with Crippen LogP contribution in [0.5, 0.6) is 0 Å². The Morgan fingerprint density at radius 1 is 0.972 bits per heavy atom. The Hall–Kier alpha value is -2.57. The van der Waals surface area contributed by atoms with Crippen molar-refractivity contribution < 1.29 is 19.1 Å². The highest BCUT2D eigenvalue weighted by atomic mass is 16.6. The van der Waals surface area contributed by atoms with Gasteiger partial charge in [-0.1, -0.05) is 69.7 Å². The van der Waals surface area contributed by atoms with Gasteiger partial charge in [0.05, 0.1) is 0 Å². The van der Waals surface area contributed by atoms with Crippen molar-refractivity contribution in [2.45, 2.75) is 118 Å². The summed E-state index contributed by atoms with van der Waals surface area (Å²) in [6.45, 7) is 16.2. The number of aryl methyl sites for hydroxylation is 2. The Morgan fingerprint density at radius 2 is 1.61 bits per heavy atom. The second-order valence-corrected chi connectivity index (χ2v) is 10.7. The van der Waals surface area contributed by atoms with Crippen molar-refractivity contribution in [1.82, 2.24) is 15.5 Å². The van der Waals surface area contributed by atoms with Gasteiger partial charge < -0.3 is 20.3 Å². The summed E-state index contributed by atoms with van der Waals surface area (Å²) in [6, 6.07) is 4.34. The largest absolute Gasteiger partial charge is 0.444 e. The summed E-state index contributed by atoms with van der Waals surface area (Å²) in [5, 5.41) is 5.70. The number of amides is 3. The predicted octanol–water partition coefficient (Wildman–Crippen LogP) is 5.97. The van der Waals surface area contributed by atoms with Crippen LogP contribution >= 0.6 is 0 Å². The van der Waals surface area contributed by atoms with Gasteiger partial charge in [0.15, 0.2) is 0 Å². The maximum Gasteiger partial charge on any atom is 0.408 e. The smallest absolute Gasteiger partial charge is 0.408 e. The highest BCUT2D eigenvalue weighted by Crippen LogP contribution is 2.27. The quantitative estimate of drug-likeness (QED) is 0.306. The summed E-state index contributed by atoms with van der Waals surface area (Å²) in [5.41, 5.74) is 2.19. The lowest BCUT2D eigenvalue weighted by atomic mass is 9.96. The van der Waals surface area contributed by atoms with Crippen molar-refractivity contribution in [3.05, 3.63) is 34.9 Å². The van der Waals surface area contributed by atoms with E-state index in [9.17, 15) is 14.4 Å². The molecule has 7 nitrogen and oxygen atoms in total. The Balaban J connectivity index is 3.31. The molecule has 0 spiro atoms. The number of hydrogen-bond donors (Lipinski definition) is 2. The van der Waals surface area contributed by atoms with Gasteiger partial charge in [0.2, 0.25) is 11.8 Å². The number of ether oxygens (including phenoxy) is 1. The molecule has 0 bridgehead atoms. The summed E-state index contributed by atoms with van der Waals surface area (Å²) >= 11 is 0. The topological polar surface area (TPSA) is 87.7 Å². The zero-order valence-electron chi connectivity index (χ0n) is 23.8. The highest BCUT2D eigenvalue weighted by Gasteiger charge is 2.35. The lowest BCUT2D eigenvalue weighted by Gasteiger charge is -2.34. The molecule has 2 N–H and O–H groups in total. The monoisotopic (exact) mass is 503 g/mol. The number of unbranched alkanes of at least 4 members (excludes halogenated alkanes) is 5. The molecule has 0 aliphatic heterocycles. The van der Waals surface area contributed by atoms with E-state index in [0.717, 1.165) is 61.6 Å². The number of alkyl carbamates (subject to hydrolysis) is 1. The number of nitrogens with zero attached hydrogens (tertiary/aromatic N) is 1. The van der Waals surface area contributed by atoms with E-state index in [1.807, 2.05) is 32.0 Å². The first-order valence-corrected chi connectivity index (χ1v) is 13.6. The second-order valence-electron chi connectivity index (χ2n) is 10.7. The van der Waals surface area contributed by atoms with E-state index in [2.05, 4.69) is 24.5 Å². The molecule has 0 aliphatic rings. The first-order valence-electron chi connectivity index (χ1n) is 13.6. The Kier molecular flexibility index (Phi) is 13.6. The minimum absolute atomic E-state index is 0.193. The third-order valence-electron chi connectivity index (χ3n) is 6.00. The van der Waals surface area contributed by atoms with Gasteiger partial charge >= 0.3 is 6.09 Å². The number of hydrogen-bond acceptors (Lipinski definition) is 4. The molecular weight excluding hydrogens is 454 g/mol. The molecule has 0 fully saturated rings. The van der Waals surface area contributed by atoms with Crippen LogP contribution in [0.4, 0.5) is 4.79 Å². The van der Waals surface area contributed by atoms with Crippen molar-refractivity contribution in [1.29, 1.82) is 0 Å². The van der Waals surface area contributed by atoms with Crippen molar-refractivity contribution in [3.63, 3.8) is 0 Å². The lowest BCUT2D eigenvalue weighted by molar-refractivity contribution is -0.142. The SMILES string of the molecule is CCCCCCCN(C(=O)C(C)NC(=O)OC(C)(C)C)C(C(=O)NCCCC)c1ccc(C)cc1C. The molecule has 36 heavy (non-hydrogen) atoms. The number of rotatable bonds is 14. The molecule has 0 aromatic heterocycles. The molecule has 2 atom stereocenters. The van der Waals surface area contributed by atoms with E-state index < -0.39 is 23.8 Å². The van der Waals surface area contributed by atoms with E-state index in [4.69, 9.17) is 4.74 Å². The molecule has 0 aliphatic carbocycles. The van der Waals surface area contributed by atoms with E-state index >= 15 is 0 Å². The van der Waals surface area contributed by atoms with Crippen LogP contribution < -0.4 is 10.6 Å². The fourth-order valence-electron chi connectivity index (χ4n) is 4.12. The predicted molar refractivity (Wildman–Crippen MR) is 146 cm³/mol. The van der Waals surface area contributed by atoms with Gasteiger partial charge in [-0.2, -0.15) is 0 Å². The molecule has 0 heterocycles. The van der Waals surface area contributed by atoms with Crippen molar-refractivity contribution in [3.8, 4) is 0 Å². The van der Waals surface area contributed by atoms with Crippen LogP contribution in [0.1, 0.15) is 109 Å². The van der Waals surface area contributed by atoms with Crippen molar-refractivity contribution >= 4 is 17.9 Å². The zero-order chi connectivity index (χ0) is 27.3. The summed E-state index contributed by atoms with van der Waals surface area (Å²) < 4.78 is 5.35. The number of carbonyl (C=O) groups excluding carboxylic acids is 3. The first-order chi connectivity index (χ1) is 16.9. The van der Waals surface area contributed by atoms with Gasteiger partial charge in [-0.15, -0.1) is 0 Å². The van der Waals surface area contributed by atoms with Crippen LogP contribution in [0.3, 0.4) is 0 Å². The number of carbonyl (C=O) groups is 3. The van der Waals surface area contributed by atoms with E-state index in [1.54, 1.807) is 32.6 Å². The van der Waals surface area contributed by atoms with Gasteiger partial charge in [0.1, 0.15) is 17.7 Å². The molecule has 0 saturated heterocycles. The fourth-order valence-corrected chi connectivity index (χ4v) is 4.12. The van der Waals surface area contributed by atoms with Gasteiger partial charge in [-0.3, -0.25) is 9.59 Å². The minimum Gasteiger partial charge on any atom is -0.444 e. The third kappa shape index (κ3) is 11.0. The van der Waals surface area contributed by atoms with E-state index in [0.29, 0.717) is 13.1 Å². The Labute approximate surface area is 218 Å². The van der Waals surface area contributed by atoms with Crippen LogP contribution in [-0.2, 0) is 14.3 Å². The summed E-state index contributed by atoms with van der Waals surface area (Å²) in [5.74, 6) is -0.492. The number of benzene rings is 1. The average molecular weight is 504 g/mol. The van der Waals surface area contributed by atoms with Crippen LogP contribution in [0, 0.1) is 13.8 Å². The van der Waals surface area contributed by atoms with Gasteiger partial charge in [-0.05, 0) is 65.5 Å². The molecule has 1 rings (SSSR count). The maximum absolute atomic E-state index is 13.8. The second kappa shape index (κ2) is 15.5. The number of nitrogens with one attached hydrogen (secondary N) is 2. The summed E-state index contributed by atoms with van der Waals surface area (Å²) in [7, 11) is 0. The molecule has 204 valence electrons. The third-order valence-corrected chi connectivity index (χ3v) is 6.00. The maximum atomic E-state index is 13.8. The minimum atomic E-state index is -0.841. The van der Waals surface area contributed by atoms with Gasteiger partial charge in [0.25, 0.3) is 0 Å². The standard InChI is InChI=1S/C29H49N3O4/c1-9-11-13-14-15-19-32(27(34)23(5)31-28(35)36-29(6,7)8)25(26(33)30-18-12-10-2)24-17-16-21(3)20-22(24)4/h16-17,20,23,25H,9-15,18-19H2,1-8H3,(H,30,33)(H,31,35). The Morgan fingerprint density at radius 3 is 2.19 bits per heavy atom. The van der Waals surface area contributed by atoms with Crippen LogP contribution in [0.2, 0.25) is 0 Å². The summed E-state index contributed by atoms with van der Waals surface area (Å²) in [6.07, 6.45) is 6.30. The molecule has 1 aromatic rings. The average Bonchev–Trinajstić information content (AvgIpc) is 2.77. The van der Waals surface area contributed by atoms with E-state index in [1.165, 1.54) is 0 Å². The highest BCUT2D eigenvalue weighted by molar-refractivity contribution is 5.92. The fraction of sp³-hybridized carbons (Fsp3) is 0.690. The van der Waals surface area contributed by atoms with Crippen LogP contribution in [-0.4, -0.2) is 47.5 Å². The van der Waals surface area contributed by atoms with Crippen LogP contribution in [0.25, 0.3) is 0 Å². The first kappa shape index (κ1) is 31.5. The summed E-state index contributed by atoms with van der Waals surface area (Å²) in [4.78, 5) is 41.3. The molecular formula is C29H49N3O4. The molecule has 0 radical (unpaired) electrons. The molecule has 1 aromatic carbocycles. The zero-order valence-corrected chi connectivity index (χ0v) is 23.8. The van der Waals surface area contributed by atoms with Gasteiger partial charge in [0, 0.05) is 13.1 Å². The van der Waals surface area contributed by atoms with Gasteiger partial charge in [-0.25, -0.2) is 4.79 Å². The van der Waals surface area contributed by atoms with Crippen molar-refractivity contribution in [2.24, 2.45) is 0 Å². The van der Waals surface area contributed by atoms with Crippen molar-refractivity contribution in [2.75, 3.05) is 13.1 Å².